The van der Waals surface area contributed by atoms with Gasteiger partial charge in [0.2, 0.25) is 11.8 Å². The van der Waals surface area contributed by atoms with Crippen molar-refractivity contribution in [2.45, 2.75) is 13.3 Å². The van der Waals surface area contributed by atoms with E-state index in [2.05, 4.69) is 4.98 Å². The van der Waals surface area contributed by atoms with Gasteiger partial charge in [0, 0.05) is 31.7 Å². The van der Waals surface area contributed by atoms with Crippen molar-refractivity contribution < 1.29 is 9.59 Å². The molecule has 0 saturated heterocycles. The number of benzene rings is 1. The van der Waals surface area contributed by atoms with E-state index in [-0.39, 0.29) is 31.3 Å². The fraction of sp³-hybridized carbons (Fsp3) is 0.286. The number of hydrogen-bond donors (Lipinski definition) is 2. The molecule has 1 heterocycles. The summed E-state index contributed by atoms with van der Waals surface area (Å²) in [6.07, 6.45) is 2.06. The second-order valence-electron chi connectivity index (χ2n) is 4.43. The quantitative estimate of drug-likeness (QED) is 0.861. The lowest BCUT2D eigenvalue weighted by Crippen LogP contribution is -2.39. The lowest BCUT2D eigenvalue weighted by Gasteiger charge is -2.18. The Labute approximate surface area is 111 Å². The number of carbonyl (C=O) groups excluding carboxylic acids is 2. The van der Waals surface area contributed by atoms with Crippen molar-refractivity contribution in [3.8, 4) is 0 Å². The molecule has 0 fully saturated rings. The van der Waals surface area contributed by atoms with Crippen LogP contribution in [-0.4, -0.2) is 34.8 Å². The maximum absolute atomic E-state index is 12.1. The first-order valence-corrected chi connectivity index (χ1v) is 6.19. The molecule has 0 aliphatic carbocycles. The highest BCUT2D eigenvalue weighted by molar-refractivity contribution is 5.95. The molecule has 3 N–H and O–H groups in total. The Morgan fingerprint density at radius 3 is 2.79 bits per heavy atom. The summed E-state index contributed by atoms with van der Waals surface area (Å²) in [5.74, 6) is -0.486. The van der Waals surface area contributed by atoms with Crippen LogP contribution >= 0.6 is 0 Å². The van der Waals surface area contributed by atoms with E-state index in [9.17, 15) is 9.59 Å². The predicted octanol–water partition coefficient (Wildman–Crippen LogP) is 1.04. The summed E-state index contributed by atoms with van der Waals surface area (Å²) in [5, 5.41) is 1.10. The first-order chi connectivity index (χ1) is 9.11. The lowest BCUT2D eigenvalue weighted by molar-refractivity contribution is -0.142. The van der Waals surface area contributed by atoms with Crippen LogP contribution in [0.15, 0.2) is 30.5 Å². The molecule has 1 aromatic heterocycles. The van der Waals surface area contributed by atoms with Crippen molar-refractivity contribution >= 4 is 22.7 Å². The zero-order valence-electron chi connectivity index (χ0n) is 10.8. The summed E-state index contributed by atoms with van der Waals surface area (Å²) in [5.41, 5.74) is 7.27. The average molecular weight is 259 g/mol. The Hall–Kier alpha value is -2.14. The van der Waals surface area contributed by atoms with Gasteiger partial charge < -0.3 is 10.7 Å². The van der Waals surface area contributed by atoms with Crippen LogP contribution in [0, 0.1) is 0 Å². The Balaban J connectivity index is 2.14. The topological polar surface area (TPSA) is 79.2 Å². The molecule has 0 aliphatic rings. The molecule has 2 amide bonds. The third-order valence-electron chi connectivity index (χ3n) is 3.01. The minimum absolute atomic E-state index is 0.203. The summed E-state index contributed by atoms with van der Waals surface area (Å²) in [4.78, 5) is 27.7. The van der Waals surface area contributed by atoms with E-state index in [1.54, 1.807) is 0 Å². The first-order valence-electron chi connectivity index (χ1n) is 6.19. The van der Waals surface area contributed by atoms with Gasteiger partial charge in [-0.25, -0.2) is 0 Å². The van der Waals surface area contributed by atoms with Crippen LogP contribution in [0.1, 0.15) is 12.5 Å². The van der Waals surface area contributed by atoms with E-state index >= 15 is 0 Å². The van der Waals surface area contributed by atoms with Crippen molar-refractivity contribution in [3.63, 3.8) is 0 Å². The standard InChI is InChI=1S/C14H17N3O2/c1-10(18)17(7-5-15)14(19)9-11-2-3-12-4-6-16-13(12)8-11/h2-4,6,8,16H,5,7,9,15H2,1H3. The number of carbonyl (C=O) groups is 2. The maximum Gasteiger partial charge on any atom is 0.233 e. The number of amides is 2. The summed E-state index contributed by atoms with van der Waals surface area (Å²) in [6, 6.07) is 7.75. The van der Waals surface area contributed by atoms with Crippen molar-refractivity contribution in [1.29, 1.82) is 0 Å². The van der Waals surface area contributed by atoms with E-state index in [4.69, 9.17) is 5.73 Å². The van der Waals surface area contributed by atoms with E-state index in [0.717, 1.165) is 16.5 Å². The number of hydrogen-bond acceptors (Lipinski definition) is 3. The Morgan fingerprint density at radius 2 is 2.11 bits per heavy atom. The summed E-state index contributed by atoms with van der Waals surface area (Å²) < 4.78 is 0. The van der Waals surface area contributed by atoms with Gasteiger partial charge in [0.05, 0.1) is 6.42 Å². The smallest absolute Gasteiger partial charge is 0.233 e. The monoisotopic (exact) mass is 259 g/mol. The van der Waals surface area contributed by atoms with E-state index in [0.29, 0.717) is 0 Å². The molecule has 2 aromatic rings. The normalized spacial score (nSPS) is 10.6. The van der Waals surface area contributed by atoms with Gasteiger partial charge in [0.1, 0.15) is 0 Å². The van der Waals surface area contributed by atoms with Crippen molar-refractivity contribution in [1.82, 2.24) is 9.88 Å². The zero-order valence-corrected chi connectivity index (χ0v) is 10.8. The minimum atomic E-state index is -0.267. The summed E-state index contributed by atoms with van der Waals surface area (Å²) >= 11 is 0. The number of fused-ring (bicyclic) bond motifs is 1. The molecule has 0 radical (unpaired) electrons. The predicted molar refractivity (Wildman–Crippen MR) is 73.5 cm³/mol. The first kappa shape index (κ1) is 13.3. The number of nitrogens with one attached hydrogen (secondary N) is 1. The number of aromatic amines is 1. The van der Waals surface area contributed by atoms with Gasteiger partial charge >= 0.3 is 0 Å². The molecular weight excluding hydrogens is 242 g/mol. The Morgan fingerprint density at radius 1 is 1.32 bits per heavy atom. The SMILES string of the molecule is CC(=O)N(CCN)C(=O)Cc1ccc2cc[nH]c2c1. The van der Waals surface area contributed by atoms with Crippen LogP contribution in [0.25, 0.3) is 10.9 Å². The largest absolute Gasteiger partial charge is 0.361 e. The maximum atomic E-state index is 12.1. The van der Waals surface area contributed by atoms with Crippen LogP contribution in [0.5, 0.6) is 0 Å². The second-order valence-corrected chi connectivity index (χ2v) is 4.43. The van der Waals surface area contributed by atoms with E-state index < -0.39 is 0 Å². The second kappa shape index (κ2) is 5.67. The van der Waals surface area contributed by atoms with Crippen molar-refractivity contribution in [2.75, 3.05) is 13.1 Å². The number of nitrogens with two attached hydrogens (primary N) is 1. The fourth-order valence-corrected chi connectivity index (χ4v) is 2.06. The van der Waals surface area contributed by atoms with Crippen LogP contribution in [0.4, 0.5) is 0 Å². The third-order valence-corrected chi connectivity index (χ3v) is 3.01. The molecule has 0 saturated carbocycles. The van der Waals surface area contributed by atoms with Gasteiger partial charge in [-0.1, -0.05) is 12.1 Å². The molecule has 1 aromatic carbocycles. The number of nitrogens with zero attached hydrogens (tertiary/aromatic N) is 1. The molecule has 100 valence electrons. The molecule has 0 spiro atoms. The van der Waals surface area contributed by atoms with Crippen molar-refractivity contribution in [3.05, 3.63) is 36.0 Å². The summed E-state index contributed by atoms with van der Waals surface area (Å²) in [6.45, 7) is 1.92. The molecule has 0 aliphatic heterocycles. The van der Waals surface area contributed by atoms with Gasteiger partial charge in [-0.15, -0.1) is 0 Å². The number of imide groups is 1. The number of H-pyrrole nitrogens is 1. The Kier molecular flexibility index (Phi) is 3.97. The number of rotatable bonds is 4. The summed E-state index contributed by atoms with van der Waals surface area (Å²) in [7, 11) is 0. The molecular formula is C14H17N3O2. The highest BCUT2D eigenvalue weighted by atomic mass is 16.2. The molecule has 5 heteroatoms. The van der Waals surface area contributed by atoms with Crippen LogP contribution < -0.4 is 5.73 Å². The van der Waals surface area contributed by atoms with Crippen LogP contribution in [0.3, 0.4) is 0 Å². The highest BCUT2D eigenvalue weighted by Crippen LogP contribution is 2.15. The van der Waals surface area contributed by atoms with Crippen LogP contribution in [-0.2, 0) is 16.0 Å². The fourth-order valence-electron chi connectivity index (χ4n) is 2.06. The molecule has 0 unspecified atom stereocenters. The molecule has 0 atom stereocenters. The average Bonchev–Trinajstić information content (AvgIpc) is 2.82. The van der Waals surface area contributed by atoms with Gasteiger partial charge in [0.15, 0.2) is 0 Å². The third kappa shape index (κ3) is 3.00. The zero-order chi connectivity index (χ0) is 13.8. The molecule has 0 bridgehead atoms. The van der Waals surface area contributed by atoms with Crippen molar-refractivity contribution in [2.24, 2.45) is 5.73 Å². The lowest BCUT2D eigenvalue weighted by atomic mass is 10.1. The van der Waals surface area contributed by atoms with Gasteiger partial charge in [-0.2, -0.15) is 0 Å². The minimum Gasteiger partial charge on any atom is -0.361 e. The van der Waals surface area contributed by atoms with Gasteiger partial charge in [-0.05, 0) is 23.1 Å². The van der Waals surface area contributed by atoms with Gasteiger partial charge in [0.25, 0.3) is 0 Å². The van der Waals surface area contributed by atoms with E-state index in [1.807, 2.05) is 30.5 Å². The molecule has 2 rings (SSSR count). The number of aromatic nitrogens is 1. The molecule has 19 heavy (non-hydrogen) atoms. The van der Waals surface area contributed by atoms with Crippen LogP contribution in [0.2, 0.25) is 0 Å². The van der Waals surface area contributed by atoms with Gasteiger partial charge in [-0.3, -0.25) is 14.5 Å². The molecule has 5 nitrogen and oxygen atoms in total. The highest BCUT2D eigenvalue weighted by Gasteiger charge is 2.17. The van der Waals surface area contributed by atoms with E-state index in [1.165, 1.54) is 11.8 Å². The Bertz CT molecular complexity index is 604.